The summed E-state index contributed by atoms with van der Waals surface area (Å²) in [5.41, 5.74) is 1.07. The molecule has 0 bridgehead atoms. The molecule has 1 aromatic heterocycles. The van der Waals surface area contributed by atoms with Crippen molar-refractivity contribution in [1.82, 2.24) is 4.57 Å². The van der Waals surface area contributed by atoms with E-state index in [9.17, 15) is 9.59 Å². The quantitative estimate of drug-likeness (QED) is 0.902. The molecule has 1 aromatic carbocycles. The topological polar surface area (TPSA) is 60.3 Å². The zero-order valence-corrected chi connectivity index (χ0v) is 14.4. The number of hydrogen-bond donors (Lipinski definition) is 1. The van der Waals surface area contributed by atoms with Crippen molar-refractivity contribution >= 4 is 23.2 Å². The number of carbonyl (C=O) groups excluding carboxylic acids is 1. The second kappa shape index (κ2) is 6.69. The number of carbonyl (C=O) groups is 1. The van der Waals surface area contributed by atoms with Gasteiger partial charge in [0.05, 0.1) is 11.6 Å². The highest BCUT2D eigenvalue weighted by Crippen LogP contribution is 2.32. The van der Waals surface area contributed by atoms with Crippen molar-refractivity contribution in [1.29, 1.82) is 0 Å². The van der Waals surface area contributed by atoms with Crippen LogP contribution < -0.4 is 15.6 Å². The fraction of sp³-hybridized carbons (Fsp3) is 0.333. The maximum Gasteiger partial charge on any atom is 0.274 e. The fourth-order valence-corrected chi connectivity index (χ4v) is 2.74. The maximum atomic E-state index is 12.7. The van der Waals surface area contributed by atoms with Crippen LogP contribution in [0.3, 0.4) is 0 Å². The van der Waals surface area contributed by atoms with Crippen molar-refractivity contribution in [3.8, 4) is 5.75 Å². The lowest BCUT2D eigenvalue weighted by Crippen LogP contribution is -2.24. The summed E-state index contributed by atoms with van der Waals surface area (Å²) in [5, 5.41) is 2.95. The van der Waals surface area contributed by atoms with Gasteiger partial charge in [0, 0.05) is 13.2 Å². The van der Waals surface area contributed by atoms with Gasteiger partial charge in [-0.1, -0.05) is 17.7 Å². The molecular formula is C18H19ClN2O3. The van der Waals surface area contributed by atoms with E-state index in [2.05, 4.69) is 5.32 Å². The highest BCUT2D eigenvalue weighted by atomic mass is 35.5. The number of nitrogens with zero attached hydrogens (tertiary/aromatic N) is 1. The number of aryl methyl sites for hydroxylation is 2. The second-order valence-electron chi connectivity index (χ2n) is 6.17. The van der Waals surface area contributed by atoms with Gasteiger partial charge in [0.25, 0.3) is 11.5 Å². The number of ether oxygens (including phenoxy) is 1. The molecule has 1 N–H and O–H groups in total. The van der Waals surface area contributed by atoms with E-state index in [4.69, 9.17) is 16.3 Å². The van der Waals surface area contributed by atoms with Crippen LogP contribution in [0, 0.1) is 12.8 Å². The largest absolute Gasteiger partial charge is 0.492 e. The Labute approximate surface area is 145 Å². The van der Waals surface area contributed by atoms with Gasteiger partial charge in [0.1, 0.15) is 17.0 Å². The first-order valence-corrected chi connectivity index (χ1v) is 8.23. The SMILES string of the molecule is Cc1cc(NC(=O)c2c(Cl)cccc2OCC2CC2)c(=O)n(C)c1. The van der Waals surface area contributed by atoms with Crippen LogP contribution in [-0.4, -0.2) is 17.1 Å². The van der Waals surface area contributed by atoms with Crippen molar-refractivity contribution in [3.63, 3.8) is 0 Å². The monoisotopic (exact) mass is 346 g/mol. The van der Waals surface area contributed by atoms with Crippen LogP contribution >= 0.6 is 11.6 Å². The van der Waals surface area contributed by atoms with Gasteiger partial charge in [-0.3, -0.25) is 9.59 Å². The van der Waals surface area contributed by atoms with Crippen LogP contribution in [0.1, 0.15) is 28.8 Å². The lowest BCUT2D eigenvalue weighted by molar-refractivity contribution is 0.102. The number of amides is 1. The molecule has 126 valence electrons. The van der Waals surface area contributed by atoms with E-state index >= 15 is 0 Å². The normalized spacial score (nSPS) is 13.6. The first kappa shape index (κ1) is 16.6. The van der Waals surface area contributed by atoms with Crippen LogP contribution in [-0.2, 0) is 7.05 Å². The van der Waals surface area contributed by atoms with E-state index < -0.39 is 5.91 Å². The minimum atomic E-state index is -0.450. The highest BCUT2D eigenvalue weighted by molar-refractivity contribution is 6.34. The van der Waals surface area contributed by atoms with E-state index in [1.54, 1.807) is 37.5 Å². The predicted molar refractivity (Wildman–Crippen MR) is 94.0 cm³/mol. The average molecular weight is 347 g/mol. The summed E-state index contributed by atoms with van der Waals surface area (Å²) in [7, 11) is 1.64. The highest BCUT2D eigenvalue weighted by Gasteiger charge is 2.24. The molecule has 0 aliphatic heterocycles. The molecule has 3 rings (SSSR count). The Kier molecular flexibility index (Phi) is 4.62. The van der Waals surface area contributed by atoms with Crippen LogP contribution in [0.4, 0.5) is 5.69 Å². The third kappa shape index (κ3) is 3.62. The zero-order valence-electron chi connectivity index (χ0n) is 13.6. The van der Waals surface area contributed by atoms with Gasteiger partial charge in [0.15, 0.2) is 0 Å². The lowest BCUT2D eigenvalue weighted by Gasteiger charge is -2.13. The summed E-state index contributed by atoms with van der Waals surface area (Å²) in [6.07, 6.45) is 4.01. The summed E-state index contributed by atoms with van der Waals surface area (Å²) >= 11 is 6.20. The summed E-state index contributed by atoms with van der Waals surface area (Å²) < 4.78 is 7.18. The number of aromatic nitrogens is 1. The Morgan fingerprint density at radius 3 is 2.88 bits per heavy atom. The average Bonchev–Trinajstić information content (AvgIpc) is 3.34. The van der Waals surface area contributed by atoms with Crippen LogP contribution in [0.15, 0.2) is 35.3 Å². The van der Waals surface area contributed by atoms with Gasteiger partial charge >= 0.3 is 0 Å². The van der Waals surface area contributed by atoms with Gasteiger partial charge in [0.2, 0.25) is 0 Å². The molecule has 1 saturated carbocycles. The van der Waals surface area contributed by atoms with E-state index in [-0.39, 0.29) is 16.8 Å². The third-order valence-electron chi connectivity index (χ3n) is 3.94. The minimum absolute atomic E-state index is 0.218. The first-order valence-electron chi connectivity index (χ1n) is 7.85. The molecule has 1 fully saturated rings. The molecule has 0 radical (unpaired) electrons. The molecule has 1 aliphatic carbocycles. The van der Waals surface area contributed by atoms with Crippen LogP contribution in [0.2, 0.25) is 5.02 Å². The van der Waals surface area contributed by atoms with E-state index in [0.29, 0.717) is 23.3 Å². The van der Waals surface area contributed by atoms with E-state index in [1.807, 2.05) is 6.92 Å². The van der Waals surface area contributed by atoms with Crippen molar-refractivity contribution in [2.24, 2.45) is 13.0 Å². The molecule has 0 unspecified atom stereocenters. The number of nitrogens with one attached hydrogen (secondary N) is 1. The predicted octanol–water partition coefficient (Wildman–Crippen LogP) is 3.39. The standard InChI is InChI=1S/C18H19ClN2O3/c1-11-8-14(18(23)21(2)9-11)20-17(22)16-13(19)4-3-5-15(16)24-10-12-6-7-12/h3-5,8-9,12H,6-7,10H2,1-2H3,(H,20,22). The lowest BCUT2D eigenvalue weighted by atomic mass is 10.1. The molecule has 24 heavy (non-hydrogen) atoms. The smallest absolute Gasteiger partial charge is 0.274 e. The molecule has 5 nitrogen and oxygen atoms in total. The fourth-order valence-electron chi connectivity index (χ4n) is 2.49. The number of benzene rings is 1. The van der Waals surface area contributed by atoms with Gasteiger partial charge in [-0.2, -0.15) is 0 Å². The Balaban J connectivity index is 1.88. The maximum absolute atomic E-state index is 12.7. The summed E-state index contributed by atoms with van der Waals surface area (Å²) in [4.78, 5) is 24.8. The molecule has 2 aromatic rings. The zero-order chi connectivity index (χ0) is 17.3. The molecule has 0 atom stereocenters. The van der Waals surface area contributed by atoms with Crippen LogP contribution in [0.5, 0.6) is 5.75 Å². The Morgan fingerprint density at radius 2 is 2.17 bits per heavy atom. The van der Waals surface area contributed by atoms with Crippen molar-refractivity contribution in [3.05, 3.63) is 57.0 Å². The first-order chi connectivity index (χ1) is 11.5. The van der Waals surface area contributed by atoms with Gasteiger partial charge in [-0.15, -0.1) is 0 Å². The molecule has 0 saturated heterocycles. The Morgan fingerprint density at radius 1 is 1.42 bits per heavy atom. The summed E-state index contributed by atoms with van der Waals surface area (Å²) in [6, 6.07) is 6.74. The number of anilines is 1. The second-order valence-corrected chi connectivity index (χ2v) is 6.58. The summed E-state index contributed by atoms with van der Waals surface area (Å²) in [5.74, 6) is 0.550. The Bertz CT molecular complexity index is 841. The van der Waals surface area contributed by atoms with Gasteiger partial charge in [-0.05, 0) is 49.4 Å². The number of halogens is 1. The summed E-state index contributed by atoms with van der Waals surface area (Å²) in [6.45, 7) is 2.43. The van der Waals surface area contributed by atoms with E-state index in [0.717, 1.165) is 18.4 Å². The molecular weight excluding hydrogens is 328 g/mol. The number of pyridine rings is 1. The van der Waals surface area contributed by atoms with Gasteiger partial charge in [-0.25, -0.2) is 0 Å². The molecule has 6 heteroatoms. The molecule has 0 spiro atoms. The Hall–Kier alpha value is -2.27. The van der Waals surface area contributed by atoms with Crippen molar-refractivity contribution in [2.75, 3.05) is 11.9 Å². The van der Waals surface area contributed by atoms with E-state index in [1.165, 1.54) is 4.57 Å². The van der Waals surface area contributed by atoms with Crippen molar-refractivity contribution < 1.29 is 9.53 Å². The number of rotatable bonds is 5. The van der Waals surface area contributed by atoms with Crippen LogP contribution in [0.25, 0.3) is 0 Å². The van der Waals surface area contributed by atoms with Crippen molar-refractivity contribution in [2.45, 2.75) is 19.8 Å². The molecule has 1 amide bonds. The third-order valence-corrected chi connectivity index (χ3v) is 4.26. The van der Waals surface area contributed by atoms with Gasteiger partial charge < -0.3 is 14.6 Å². The minimum Gasteiger partial charge on any atom is -0.492 e. The molecule has 1 aliphatic rings. The number of hydrogen-bond acceptors (Lipinski definition) is 3. The molecule has 1 heterocycles.